The van der Waals surface area contributed by atoms with Gasteiger partial charge in [0, 0.05) is 16.8 Å². The lowest BCUT2D eigenvalue weighted by molar-refractivity contribution is -0.286. The van der Waals surface area contributed by atoms with Gasteiger partial charge in [-0.1, -0.05) is 29.8 Å². The van der Waals surface area contributed by atoms with Gasteiger partial charge >= 0.3 is 17.7 Å². The van der Waals surface area contributed by atoms with Crippen molar-refractivity contribution in [2.45, 2.75) is 25.8 Å². The zero-order valence-corrected chi connectivity index (χ0v) is 17.2. The molecule has 0 unspecified atom stereocenters. The van der Waals surface area contributed by atoms with E-state index in [4.69, 9.17) is 11.6 Å². The van der Waals surface area contributed by atoms with Crippen molar-refractivity contribution < 1.29 is 23.4 Å². The highest BCUT2D eigenvalue weighted by Crippen LogP contribution is 2.42. The lowest BCUT2D eigenvalue weighted by Gasteiger charge is -2.16. The number of nitrogens with one attached hydrogen (secondary N) is 1. The Morgan fingerprint density at radius 3 is 2.72 bits per heavy atom. The van der Waals surface area contributed by atoms with Crippen LogP contribution in [0, 0.1) is 0 Å². The Kier molecular flexibility index (Phi) is 5.85. The van der Waals surface area contributed by atoms with E-state index < -0.39 is 24.3 Å². The minimum Gasteiger partial charge on any atom is -0.395 e. The Bertz CT molecular complexity index is 1270. The van der Waals surface area contributed by atoms with E-state index in [1.807, 2.05) is 6.08 Å². The summed E-state index contributed by atoms with van der Waals surface area (Å²) < 4.78 is 37.4. The molecule has 0 fully saturated rings. The molecule has 0 spiro atoms. The third kappa shape index (κ3) is 4.58. The fourth-order valence-electron chi connectivity index (χ4n) is 3.16. The molecule has 4 rings (SSSR count). The zero-order valence-electron chi connectivity index (χ0n) is 16.4. The largest absolute Gasteiger partial charge is 0.586 e. The van der Waals surface area contributed by atoms with E-state index in [9.17, 15) is 23.5 Å². The third-order valence-electron chi connectivity index (χ3n) is 4.62. The molecule has 0 radical (unpaired) electrons. The van der Waals surface area contributed by atoms with Crippen molar-refractivity contribution in [1.29, 1.82) is 0 Å². The van der Waals surface area contributed by atoms with Crippen molar-refractivity contribution in [2.24, 2.45) is 0 Å². The summed E-state index contributed by atoms with van der Waals surface area (Å²) in [6.07, 6.45) is 3.81. The summed E-state index contributed by atoms with van der Waals surface area (Å²) in [4.78, 5) is 29.2. The maximum atomic E-state index is 13.3. The first-order valence-electron chi connectivity index (χ1n) is 9.48. The molecule has 0 atom stereocenters. The van der Waals surface area contributed by atoms with Gasteiger partial charge in [0.2, 0.25) is 5.95 Å². The Morgan fingerprint density at radius 1 is 1.16 bits per heavy atom. The zero-order chi connectivity index (χ0) is 22.9. The number of aliphatic hydroxyl groups excluding tert-OH is 1. The molecule has 32 heavy (non-hydrogen) atoms. The Morgan fingerprint density at radius 2 is 1.94 bits per heavy atom. The van der Waals surface area contributed by atoms with Crippen molar-refractivity contribution in [3.05, 3.63) is 74.1 Å². The van der Waals surface area contributed by atoms with Gasteiger partial charge in [-0.3, -0.25) is 4.57 Å². The van der Waals surface area contributed by atoms with E-state index in [-0.39, 0.29) is 36.2 Å². The summed E-state index contributed by atoms with van der Waals surface area (Å²) >= 11 is 6.01. The van der Waals surface area contributed by atoms with E-state index in [1.165, 1.54) is 22.8 Å². The fourth-order valence-corrected chi connectivity index (χ4v) is 3.31. The Labute approximate surface area is 184 Å². The molecule has 1 aromatic heterocycles. The third-order valence-corrected chi connectivity index (χ3v) is 4.90. The summed E-state index contributed by atoms with van der Waals surface area (Å²) in [5.41, 5.74) is -0.611. The molecule has 0 amide bonds. The Balaban J connectivity index is 1.72. The maximum absolute atomic E-state index is 13.3. The lowest BCUT2D eigenvalue weighted by atomic mass is 10.2. The average Bonchev–Trinajstić information content (AvgIpc) is 2.89. The number of allylic oxidation sites excluding steroid dienone is 6. The highest BCUT2D eigenvalue weighted by Gasteiger charge is 2.43. The summed E-state index contributed by atoms with van der Waals surface area (Å²) in [6, 6.07) is 3.91. The number of rotatable bonds is 6. The highest BCUT2D eigenvalue weighted by atomic mass is 35.5. The van der Waals surface area contributed by atoms with Gasteiger partial charge in [0.05, 0.1) is 19.7 Å². The number of aliphatic hydroxyl groups is 1. The van der Waals surface area contributed by atoms with Crippen LogP contribution in [0.1, 0.15) is 6.42 Å². The average molecular weight is 467 g/mol. The van der Waals surface area contributed by atoms with Crippen molar-refractivity contribution in [2.75, 3.05) is 11.9 Å². The first kappa shape index (κ1) is 21.8. The molecule has 2 N–H and O–H groups in total. The number of aromatic nitrogens is 3. The second kappa shape index (κ2) is 8.60. The van der Waals surface area contributed by atoms with Gasteiger partial charge in [-0.05, 0) is 30.2 Å². The molecule has 168 valence electrons. The molecule has 2 heterocycles. The molecule has 1 aliphatic carbocycles. The molecule has 0 bridgehead atoms. The van der Waals surface area contributed by atoms with Crippen molar-refractivity contribution >= 4 is 23.2 Å². The molecule has 2 aromatic rings. The van der Waals surface area contributed by atoms with Gasteiger partial charge in [0.15, 0.2) is 11.5 Å². The second-order valence-electron chi connectivity index (χ2n) is 6.85. The van der Waals surface area contributed by atoms with E-state index in [2.05, 4.69) is 19.8 Å². The molecule has 9 nitrogen and oxygen atoms in total. The van der Waals surface area contributed by atoms with Gasteiger partial charge in [0.25, 0.3) is 0 Å². The molecule has 1 aliphatic heterocycles. The molecule has 0 saturated carbocycles. The summed E-state index contributed by atoms with van der Waals surface area (Å²) in [6.45, 7) is -0.620. The monoisotopic (exact) mass is 466 g/mol. The van der Waals surface area contributed by atoms with E-state index in [0.29, 0.717) is 11.5 Å². The van der Waals surface area contributed by atoms with Crippen LogP contribution in [0.3, 0.4) is 0 Å². The number of hydrogen-bond acceptors (Lipinski definition) is 7. The smallest absolute Gasteiger partial charge is 0.395 e. The van der Waals surface area contributed by atoms with Crippen molar-refractivity contribution in [3.8, 4) is 11.5 Å². The number of nitrogens with zero attached hydrogens (tertiary/aromatic N) is 3. The van der Waals surface area contributed by atoms with Crippen LogP contribution in [0.15, 0.2) is 62.7 Å². The van der Waals surface area contributed by atoms with Crippen LogP contribution < -0.4 is 26.2 Å². The van der Waals surface area contributed by atoms with Crippen LogP contribution in [0.2, 0.25) is 0 Å². The molecule has 0 saturated heterocycles. The van der Waals surface area contributed by atoms with Crippen LogP contribution in [-0.4, -0.2) is 32.1 Å². The standard InChI is InChI=1S/C20H17ClF2N4O5/c21-13-3-1-2-12(4-5-13)11-27-17(25-18(29)26(8-9-28)19(27)30)24-14-6-7-15-16(10-14)32-20(22,23)31-15/h2-7,10,28H,1,8-9,11H2,(H,24,25,29). The normalized spacial score (nSPS) is 16.4. The number of fused-ring (bicyclic) bond motifs is 1. The molecular weight excluding hydrogens is 450 g/mol. The van der Waals surface area contributed by atoms with E-state index >= 15 is 0 Å². The highest BCUT2D eigenvalue weighted by molar-refractivity contribution is 6.31. The van der Waals surface area contributed by atoms with Gasteiger partial charge < -0.3 is 19.9 Å². The molecule has 12 heteroatoms. The number of benzene rings is 1. The van der Waals surface area contributed by atoms with Crippen LogP contribution >= 0.6 is 11.6 Å². The van der Waals surface area contributed by atoms with Gasteiger partial charge in [-0.2, -0.15) is 4.98 Å². The number of ether oxygens (including phenoxy) is 2. The number of halogens is 3. The maximum Gasteiger partial charge on any atom is 0.586 e. The van der Waals surface area contributed by atoms with Gasteiger partial charge in [-0.15, -0.1) is 8.78 Å². The topological polar surface area (TPSA) is 108 Å². The first-order valence-corrected chi connectivity index (χ1v) is 9.86. The van der Waals surface area contributed by atoms with Crippen LogP contribution in [0.4, 0.5) is 20.4 Å². The van der Waals surface area contributed by atoms with Crippen molar-refractivity contribution in [1.82, 2.24) is 14.1 Å². The number of hydrogen-bond donors (Lipinski definition) is 2. The van der Waals surface area contributed by atoms with Gasteiger partial charge in [0.1, 0.15) is 0 Å². The fraction of sp³-hybridized carbons (Fsp3) is 0.250. The summed E-state index contributed by atoms with van der Waals surface area (Å²) in [5.74, 6) is -0.475. The van der Waals surface area contributed by atoms with Gasteiger partial charge in [-0.25, -0.2) is 14.2 Å². The quantitative estimate of drug-likeness (QED) is 0.673. The number of alkyl halides is 2. The first-order chi connectivity index (χ1) is 15.3. The predicted molar refractivity (Wildman–Crippen MR) is 112 cm³/mol. The summed E-state index contributed by atoms with van der Waals surface area (Å²) in [7, 11) is 0. The van der Waals surface area contributed by atoms with Crippen molar-refractivity contribution in [3.63, 3.8) is 0 Å². The van der Waals surface area contributed by atoms with E-state index in [0.717, 1.165) is 10.1 Å². The summed E-state index contributed by atoms with van der Waals surface area (Å²) in [5, 5.41) is 12.5. The van der Waals surface area contributed by atoms with Crippen LogP contribution in [-0.2, 0) is 13.1 Å². The Hall–Kier alpha value is -3.44. The van der Waals surface area contributed by atoms with Crippen LogP contribution in [0.25, 0.3) is 0 Å². The predicted octanol–water partition coefficient (Wildman–Crippen LogP) is 2.47. The minimum atomic E-state index is -3.78. The minimum absolute atomic E-state index is 0.0387. The van der Waals surface area contributed by atoms with Crippen LogP contribution in [0.5, 0.6) is 11.5 Å². The molecule has 1 aromatic carbocycles. The number of anilines is 2. The SMILES string of the molecule is O=c1nc(Nc2ccc3c(c2)OC(F)(F)O3)n(CC2=CCC=C(Cl)C=C2)c(=O)n1CCO. The molecular formula is C20H17ClF2N4O5. The van der Waals surface area contributed by atoms with E-state index in [1.54, 1.807) is 18.2 Å². The lowest BCUT2D eigenvalue weighted by Crippen LogP contribution is -2.43. The second-order valence-corrected chi connectivity index (χ2v) is 7.29. The molecule has 2 aliphatic rings.